The molecule has 3 aromatic rings. The van der Waals surface area contributed by atoms with E-state index in [-0.39, 0.29) is 18.0 Å². The van der Waals surface area contributed by atoms with Crippen LogP contribution in [0.3, 0.4) is 0 Å². The maximum absolute atomic E-state index is 14.0. The lowest BCUT2D eigenvalue weighted by Crippen LogP contribution is -2.23. The second kappa shape index (κ2) is 6.29. The first-order valence-electron chi connectivity index (χ1n) is 7.06. The molecule has 1 heterocycles. The van der Waals surface area contributed by atoms with Crippen molar-refractivity contribution in [1.82, 2.24) is 10.3 Å². The van der Waals surface area contributed by atoms with E-state index < -0.39 is 5.82 Å². The average molecular weight is 304 g/mol. The summed E-state index contributed by atoms with van der Waals surface area (Å²) < 4.78 is 14.0. The van der Waals surface area contributed by atoms with Gasteiger partial charge in [0, 0.05) is 29.3 Å². The third-order valence-corrected chi connectivity index (χ3v) is 3.54. The number of amides is 1. The summed E-state index contributed by atoms with van der Waals surface area (Å²) in [5.41, 5.74) is 1.86. The van der Waals surface area contributed by atoms with Crippen molar-refractivity contribution in [1.29, 1.82) is 0 Å². The summed E-state index contributed by atoms with van der Waals surface area (Å²) in [6.07, 6.45) is 6.93. The smallest absolute Gasteiger partial charge is 0.251 e. The van der Waals surface area contributed by atoms with Crippen molar-refractivity contribution in [3.63, 3.8) is 0 Å². The zero-order valence-electron chi connectivity index (χ0n) is 12.2. The molecule has 0 saturated carbocycles. The second-order valence-electron chi connectivity index (χ2n) is 5.02. The van der Waals surface area contributed by atoms with Gasteiger partial charge in [-0.15, -0.1) is 6.42 Å². The van der Waals surface area contributed by atoms with Gasteiger partial charge in [0.15, 0.2) is 0 Å². The molecule has 0 unspecified atom stereocenters. The summed E-state index contributed by atoms with van der Waals surface area (Å²) in [6.45, 7) is 0.0747. The fourth-order valence-corrected chi connectivity index (χ4v) is 2.32. The molecule has 23 heavy (non-hydrogen) atoms. The highest BCUT2D eigenvalue weighted by Gasteiger charge is 2.10. The number of carbonyl (C=O) groups is 1. The third-order valence-electron chi connectivity index (χ3n) is 3.54. The number of nitrogens with one attached hydrogen (secondary N) is 1. The Morgan fingerprint density at radius 1 is 1.22 bits per heavy atom. The molecule has 1 amide bonds. The Kier molecular flexibility index (Phi) is 4.03. The zero-order valence-corrected chi connectivity index (χ0v) is 12.2. The van der Waals surface area contributed by atoms with Gasteiger partial charge in [0.05, 0.1) is 11.1 Å². The predicted molar refractivity (Wildman–Crippen MR) is 87.2 cm³/mol. The zero-order chi connectivity index (χ0) is 16.2. The Morgan fingerprint density at radius 2 is 2.09 bits per heavy atom. The molecule has 0 aliphatic carbocycles. The normalized spacial score (nSPS) is 10.3. The SMILES string of the molecule is C#Cc1cccc(CNC(=O)c2ccc3ncccc3c2)c1F. The van der Waals surface area contributed by atoms with E-state index in [1.54, 1.807) is 36.5 Å². The van der Waals surface area contributed by atoms with Crippen molar-refractivity contribution >= 4 is 16.8 Å². The van der Waals surface area contributed by atoms with Crippen LogP contribution in [0.15, 0.2) is 54.7 Å². The van der Waals surface area contributed by atoms with Crippen LogP contribution in [0.2, 0.25) is 0 Å². The second-order valence-corrected chi connectivity index (χ2v) is 5.02. The molecule has 4 heteroatoms. The monoisotopic (exact) mass is 304 g/mol. The summed E-state index contributed by atoms with van der Waals surface area (Å²) in [7, 11) is 0. The number of nitrogens with zero attached hydrogens (tertiary/aromatic N) is 1. The molecule has 0 aliphatic heterocycles. The lowest BCUT2D eigenvalue weighted by atomic mass is 10.1. The molecule has 3 rings (SSSR count). The Labute approximate surface area is 133 Å². The van der Waals surface area contributed by atoms with Crippen LogP contribution in [-0.4, -0.2) is 10.9 Å². The van der Waals surface area contributed by atoms with Crippen molar-refractivity contribution in [3.8, 4) is 12.3 Å². The van der Waals surface area contributed by atoms with Gasteiger partial charge >= 0.3 is 0 Å². The van der Waals surface area contributed by atoms with Crippen molar-refractivity contribution in [3.05, 3.63) is 77.2 Å². The first kappa shape index (κ1) is 14.7. The molecular weight excluding hydrogens is 291 g/mol. The van der Waals surface area contributed by atoms with Crippen molar-refractivity contribution in [2.24, 2.45) is 0 Å². The maximum atomic E-state index is 14.0. The number of aromatic nitrogens is 1. The molecule has 0 saturated heterocycles. The van der Waals surface area contributed by atoms with E-state index in [0.717, 1.165) is 10.9 Å². The molecule has 0 atom stereocenters. The van der Waals surface area contributed by atoms with Crippen LogP contribution in [0.1, 0.15) is 21.5 Å². The molecule has 0 aliphatic rings. The van der Waals surface area contributed by atoms with Crippen LogP contribution in [-0.2, 0) is 6.54 Å². The molecule has 3 nitrogen and oxygen atoms in total. The van der Waals surface area contributed by atoms with Gasteiger partial charge in [-0.25, -0.2) is 4.39 Å². The molecule has 0 radical (unpaired) electrons. The molecule has 1 aromatic heterocycles. The predicted octanol–water partition coefficient (Wildman–Crippen LogP) is 3.29. The lowest BCUT2D eigenvalue weighted by molar-refractivity contribution is 0.0950. The van der Waals surface area contributed by atoms with Gasteiger partial charge in [0.25, 0.3) is 5.91 Å². The minimum atomic E-state index is -0.474. The fraction of sp³-hybridized carbons (Fsp3) is 0.0526. The van der Waals surface area contributed by atoms with Gasteiger partial charge in [0.1, 0.15) is 5.82 Å². The Hall–Kier alpha value is -3.19. The number of pyridine rings is 1. The van der Waals surface area contributed by atoms with Crippen LogP contribution >= 0.6 is 0 Å². The van der Waals surface area contributed by atoms with Crippen LogP contribution in [0.4, 0.5) is 4.39 Å². The Bertz CT molecular complexity index is 928. The number of fused-ring (bicyclic) bond motifs is 1. The average Bonchev–Trinajstić information content (AvgIpc) is 2.60. The number of carbonyl (C=O) groups excluding carboxylic acids is 1. The summed E-state index contributed by atoms with van der Waals surface area (Å²) in [6, 6.07) is 13.7. The molecule has 1 N–H and O–H groups in total. The Morgan fingerprint density at radius 3 is 2.91 bits per heavy atom. The van der Waals surface area contributed by atoms with Gasteiger partial charge < -0.3 is 5.32 Å². The highest BCUT2D eigenvalue weighted by atomic mass is 19.1. The van der Waals surface area contributed by atoms with Crippen molar-refractivity contribution in [2.45, 2.75) is 6.54 Å². The minimum absolute atomic E-state index is 0.0747. The topological polar surface area (TPSA) is 42.0 Å². The van der Waals surface area contributed by atoms with E-state index in [9.17, 15) is 9.18 Å². The summed E-state index contributed by atoms with van der Waals surface area (Å²) in [5, 5.41) is 3.58. The van der Waals surface area contributed by atoms with E-state index >= 15 is 0 Å². The van der Waals surface area contributed by atoms with Crippen molar-refractivity contribution < 1.29 is 9.18 Å². The van der Waals surface area contributed by atoms with Crippen LogP contribution in [0.5, 0.6) is 0 Å². The highest BCUT2D eigenvalue weighted by molar-refractivity contribution is 5.97. The third kappa shape index (κ3) is 3.04. The number of benzene rings is 2. The Balaban J connectivity index is 1.78. The lowest BCUT2D eigenvalue weighted by Gasteiger charge is -2.08. The number of rotatable bonds is 3. The molecule has 0 spiro atoms. The molecule has 112 valence electrons. The number of hydrogen-bond acceptors (Lipinski definition) is 2. The largest absolute Gasteiger partial charge is 0.348 e. The highest BCUT2D eigenvalue weighted by Crippen LogP contribution is 2.14. The standard InChI is InChI=1S/C19H13FN2O/c1-2-13-5-3-6-16(18(13)20)12-22-19(23)15-8-9-17-14(11-15)7-4-10-21-17/h1,3-11H,12H2,(H,22,23). The minimum Gasteiger partial charge on any atom is -0.348 e. The van der Waals surface area contributed by atoms with Gasteiger partial charge in [-0.05, 0) is 30.3 Å². The molecule has 2 aromatic carbocycles. The van der Waals surface area contributed by atoms with Gasteiger partial charge in [-0.1, -0.05) is 24.1 Å². The van der Waals surface area contributed by atoms with E-state index in [1.165, 1.54) is 6.07 Å². The number of halogens is 1. The molecule has 0 fully saturated rings. The summed E-state index contributed by atoms with van der Waals surface area (Å²) >= 11 is 0. The first-order chi connectivity index (χ1) is 11.2. The van der Waals surface area contributed by atoms with E-state index in [2.05, 4.69) is 16.2 Å². The van der Waals surface area contributed by atoms with Gasteiger partial charge in [0.2, 0.25) is 0 Å². The van der Waals surface area contributed by atoms with Crippen LogP contribution < -0.4 is 5.32 Å². The summed E-state index contributed by atoms with van der Waals surface area (Å²) in [4.78, 5) is 16.4. The first-order valence-corrected chi connectivity index (χ1v) is 7.06. The van der Waals surface area contributed by atoms with Crippen LogP contribution in [0.25, 0.3) is 10.9 Å². The van der Waals surface area contributed by atoms with Gasteiger partial charge in [-0.3, -0.25) is 9.78 Å². The van der Waals surface area contributed by atoms with Crippen molar-refractivity contribution in [2.75, 3.05) is 0 Å². The quantitative estimate of drug-likeness (QED) is 0.755. The van der Waals surface area contributed by atoms with Crippen LogP contribution in [0, 0.1) is 18.2 Å². The number of terminal acetylenes is 1. The summed E-state index contributed by atoms with van der Waals surface area (Å²) in [5.74, 6) is 1.53. The van der Waals surface area contributed by atoms with E-state index in [1.807, 2.05) is 12.1 Å². The maximum Gasteiger partial charge on any atom is 0.251 e. The number of hydrogen-bond donors (Lipinski definition) is 1. The molecular formula is C19H13FN2O. The van der Waals surface area contributed by atoms with E-state index in [0.29, 0.717) is 11.1 Å². The van der Waals surface area contributed by atoms with E-state index in [4.69, 9.17) is 6.42 Å². The molecule has 0 bridgehead atoms. The fourth-order valence-electron chi connectivity index (χ4n) is 2.32. The van der Waals surface area contributed by atoms with Gasteiger partial charge in [-0.2, -0.15) is 0 Å².